The Bertz CT molecular complexity index is 273. The highest BCUT2D eigenvalue weighted by atomic mass is 16.5. The second kappa shape index (κ2) is 6.49. The molecule has 1 aliphatic heterocycles. The molecule has 4 nitrogen and oxygen atoms in total. The molecule has 1 fully saturated rings. The predicted molar refractivity (Wildman–Crippen MR) is 60.6 cm³/mol. The van der Waals surface area contributed by atoms with Crippen molar-refractivity contribution in [1.29, 1.82) is 5.26 Å². The molecule has 0 spiro atoms. The highest BCUT2D eigenvalue weighted by molar-refractivity contribution is 5.79. The number of amides is 1. The molecule has 1 N–H and O–H groups in total. The van der Waals surface area contributed by atoms with E-state index in [0.717, 1.165) is 19.3 Å². The molecule has 16 heavy (non-hydrogen) atoms. The molecule has 1 amide bonds. The van der Waals surface area contributed by atoms with E-state index >= 15 is 0 Å². The lowest BCUT2D eigenvalue weighted by atomic mass is 9.98. The molecular weight excluding hydrogens is 204 g/mol. The van der Waals surface area contributed by atoms with Crippen LogP contribution in [0.1, 0.15) is 39.5 Å². The van der Waals surface area contributed by atoms with Gasteiger partial charge in [0.1, 0.15) is 0 Å². The van der Waals surface area contributed by atoms with Crippen molar-refractivity contribution in [2.24, 2.45) is 5.92 Å². The van der Waals surface area contributed by atoms with Gasteiger partial charge >= 0.3 is 0 Å². The Kier molecular flexibility index (Phi) is 5.27. The van der Waals surface area contributed by atoms with Crippen LogP contribution in [0.5, 0.6) is 0 Å². The topological polar surface area (TPSA) is 62.1 Å². The van der Waals surface area contributed by atoms with Gasteiger partial charge in [0.2, 0.25) is 5.91 Å². The third kappa shape index (κ3) is 3.21. The number of carbonyl (C=O) groups is 1. The average Bonchev–Trinajstić information content (AvgIpc) is 2.76. The smallest absolute Gasteiger partial charge is 0.226 e. The molecule has 4 heteroatoms. The van der Waals surface area contributed by atoms with Crippen LogP contribution in [0.2, 0.25) is 0 Å². The molecule has 0 radical (unpaired) electrons. The van der Waals surface area contributed by atoms with Gasteiger partial charge in [0.05, 0.1) is 24.5 Å². The first kappa shape index (κ1) is 13.0. The Morgan fingerprint density at radius 3 is 2.94 bits per heavy atom. The van der Waals surface area contributed by atoms with Gasteiger partial charge in [-0.15, -0.1) is 0 Å². The van der Waals surface area contributed by atoms with Gasteiger partial charge in [-0.2, -0.15) is 5.26 Å². The molecule has 0 aromatic rings. The summed E-state index contributed by atoms with van der Waals surface area (Å²) in [5, 5.41) is 11.6. The predicted octanol–water partition coefficient (Wildman–Crippen LogP) is 1.61. The van der Waals surface area contributed by atoms with Gasteiger partial charge in [0.15, 0.2) is 0 Å². The van der Waals surface area contributed by atoms with Crippen LogP contribution in [-0.2, 0) is 9.53 Å². The van der Waals surface area contributed by atoms with Crippen molar-refractivity contribution >= 4 is 5.91 Å². The van der Waals surface area contributed by atoms with Gasteiger partial charge in [0, 0.05) is 12.6 Å². The van der Waals surface area contributed by atoms with E-state index in [1.54, 1.807) is 0 Å². The van der Waals surface area contributed by atoms with E-state index in [1.807, 2.05) is 13.8 Å². The number of hydrogen-bond acceptors (Lipinski definition) is 3. The molecule has 3 atom stereocenters. The van der Waals surface area contributed by atoms with Crippen LogP contribution >= 0.6 is 0 Å². The number of nitriles is 1. The second-order valence-electron chi connectivity index (χ2n) is 4.19. The van der Waals surface area contributed by atoms with Crippen molar-refractivity contribution in [2.75, 3.05) is 6.61 Å². The van der Waals surface area contributed by atoms with Gasteiger partial charge in [-0.05, 0) is 19.3 Å². The number of nitrogens with one attached hydrogen (secondary N) is 1. The maximum absolute atomic E-state index is 12.0. The van der Waals surface area contributed by atoms with Crippen LogP contribution in [0, 0.1) is 17.2 Å². The van der Waals surface area contributed by atoms with Crippen LogP contribution < -0.4 is 5.32 Å². The summed E-state index contributed by atoms with van der Waals surface area (Å²) in [7, 11) is 0. The minimum absolute atomic E-state index is 0.0180. The Hall–Kier alpha value is -1.08. The third-order valence-electron chi connectivity index (χ3n) is 3.13. The molecule has 0 saturated carbocycles. The molecule has 3 unspecified atom stereocenters. The Morgan fingerprint density at radius 1 is 1.62 bits per heavy atom. The summed E-state index contributed by atoms with van der Waals surface area (Å²) in [4.78, 5) is 12.0. The van der Waals surface area contributed by atoms with Gasteiger partial charge < -0.3 is 10.1 Å². The summed E-state index contributed by atoms with van der Waals surface area (Å²) in [5.74, 6) is 0.0178. The first-order valence-corrected chi connectivity index (χ1v) is 6.01. The standard InChI is InChI=1S/C12H20N2O2/c1-3-9(5-7-13)14-12(15)10-6-8-16-11(10)4-2/h9-11H,3-6,8H2,1-2H3,(H,14,15). The van der Waals surface area contributed by atoms with Crippen molar-refractivity contribution in [3.05, 3.63) is 0 Å². The summed E-state index contributed by atoms with van der Waals surface area (Å²) < 4.78 is 5.49. The molecule has 0 bridgehead atoms. The Labute approximate surface area is 97.0 Å². The summed E-state index contributed by atoms with van der Waals surface area (Å²) in [6.07, 6.45) is 2.90. The second-order valence-corrected chi connectivity index (χ2v) is 4.19. The Morgan fingerprint density at radius 2 is 2.38 bits per heavy atom. The van der Waals surface area contributed by atoms with Gasteiger partial charge in [-0.3, -0.25) is 4.79 Å². The van der Waals surface area contributed by atoms with Crippen molar-refractivity contribution in [3.8, 4) is 6.07 Å². The maximum Gasteiger partial charge on any atom is 0.226 e. The lowest BCUT2D eigenvalue weighted by Crippen LogP contribution is -2.41. The van der Waals surface area contributed by atoms with Gasteiger partial charge in [-0.25, -0.2) is 0 Å². The molecule has 1 rings (SSSR count). The minimum Gasteiger partial charge on any atom is -0.377 e. The van der Waals surface area contributed by atoms with E-state index in [1.165, 1.54) is 0 Å². The van der Waals surface area contributed by atoms with E-state index in [0.29, 0.717) is 13.0 Å². The normalized spacial score (nSPS) is 26.1. The molecule has 0 aromatic heterocycles. The first-order valence-electron chi connectivity index (χ1n) is 6.01. The molecule has 90 valence electrons. The zero-order valence-electron chi connectivity index (χ0n) is 10.0. The fourth-order valence-corrected chi connectivity index (χ4v) is 2.07. The minimum atomic E-state index is -0.0299. The van der Waals surface area contributed by atoms with E-state index in [2.05, 4.69) is 11.4 Å². The van der Waals surface area contributed by atoms with Crippen molar-refractivity contribution in [1.82, 2.24) is 5.32 Å². The number of ether oxygens (including phenoxy) is 1. The average molecular weight is 224 g/mol. The van der Waals surface area contributed by atoms with Crippen molar-refractivity contribution in [3.63, 3.8) is 0 Å². The zero-order chi connectivity index (χ0) is 12.0. The molecule has 0 aliphatic carbocycles. The third-order valence-corrected chi connectivity index (χ3v) is 3.13. The fraction of sp³-hybridized carbons (Fsp3) is 0.833. The van der Waals surface area contributed by atoms with Crippen molar-refractivity contribution in [2.45, 2.75) is 51.7 Å². The van der Waals surface area contributed by atoms with Crippen LogP contribution in [-0.4, -0.2) is 24.7 Å². The van der Waals surface area contributed by atoms with Gasteiger partial charge in [-0.1, -0.05) is 13.8 Å². The lowest BCUT2D eigenvalue weighted by Gasteiger charge is -2.20. The highest BCUT2D eigenvalue weighted by Gasteiger charge is 2.33. The largest absolute Gasteiger partial charge is 0.377 e. The Balaban J connectivity index is 2.47. The van der Waals surface area contributed by atoms with E-state index in [9.17, 15) is 4.79 Å². The number of hydrogen-bond donors (Lipinski definition) is 1. The highest BCUT2D eigenvalue weighted by Crippen LogP contribution is 2.23. The lowest BCUT2D eigenvalue weighted by molar-refractivity contribution is -0.127. The number of nitrogens with zero attached hydrogens (tertiary/aromatic N) is 1. The molecule has 0 aromatic carbocycles. The van der Waals surface area contributed by atoms with Crippen LogP contribution in [0.3, 0.4) is 0 Å². The monoisotopic (exact) mass is 224 g/mol. The number of carbonyl (C=O) groups excluding carboxylic acids is 1. The van der Waals surface area contributed by atoms with E-state index in [4.69, 9.17) is 10.00 Å². The molecule has 1 aliphatic rings. The first-order chi connectivity index (χ1) is 7.72. The summed E-state index contributed by atoms with van der Waals surface area (Å²) >= 11 is 0. The van der Waals surface area contributed by atoms with Gasteiger partial charge in [0.25, 0.3) is 0 Å². The van der Waals surface area contributed by atoms with E-state index in [-0.39, 0.29) is 24.0 Å². The summed E-state index contributed by atoms with van der Waals surface area (Å²) in [6, 6.07) is 2.08. The quantitative estimate of drug-likeness (QED) is 0.771. The fourth-order valence-electron chi connectivity index (χ4n) is 2.07. The summed E-state index contributed by atoms with van der Waals surface area (Å²) in [5.41, 5.74) is 0. The molecule has 1 heterocycles. The maximum atomic E-state index is 12.0. The van der Waals surface area contributed by atoms with Crippen LogP contribution in [0.4, 0.5) is 0 Å². The van der Waals surface area contributed by atoms with E-state index < -0.39 is 0 Å². The van der Waals surface area contributed by atoms with Crippen molar-refractivity contribution < 1.29 is 9.53 Å². The van der Waals surface area contributed by atoms with Crippen LogP contribution in [0.15, 0.2) is 0 Å². The zero-order valence-corrected chi connectivity index (χ0v) is 10.0. The number of rotatable bonds is 5. The molecule has 1 saturated heterocycles. The summed E-state index contributed by atoms with van der Waals surface area (Å²) in [6.45, 7) is 4.68. The van der Waals surface area contributed by atoms with Crippen LogP contribution in [0.25, 0.3) is 0 Å². The molecular formula is C12H20N2O2. The SMILES string of the molecule is CCC(CC#N)NC(=O)C1CCOC1CC.